The predicted molar refractivity (Wildman–Crippen MR) is 97.8 cm³/mol. The third-order valence-electron chi connectivity index (χ3n) is 6.51. The van der Waals surface area contributed by atoms with Gasteiger partial charge in [-0.15, -0.1) is 10.2 Å². The lowest BCUT2D eigenvalue weighted by atomic mass is 9.90. The zero-order valence-corrected chi connectivity index (χ0v) is 15.4. The summed E-state index contributed by atoms with van der Waals surface area (Å²) in [6.07, 6.45) is 7.47. The number of nitrogens with zero attached hydrogens (tertiary/aromatic N) is 5. The van der Waals surface area contributed by atoms with Gasteiger partial charge >= 0.3 is 0 Å². The van der Waals surface area contributed by atoms with Crippen LogP contribution < -0.4 is 0 Å². The SMILES string of the molecule is CC[C@@H]1C[C@H](N2CCC(F)(F)C2)C[C@@H]1Cc1nnc2cnc3[nH]ccc3n12. The van der Waals surface area contributed by atoms with E-state index in [0.717, 1.165) is 48.3 Å². The van der Waals surface area contributed by atoms with Gasteiger partial charge in [-0.3, -0.25) is 9.30 Å². The third-order valence-corrected chi connectivity index (χ3v) is 6.51. The maximum absolute atomic E-state index is 13.6. The maximum Gasteiger partial charge on any atom is 0.261 e. The lowest BCUT2D eigenvalue weighted by Crippen LogP contribution is -2.33. The van der Waals surface area contributed by atoms with Crippen molar-refractivity contribution >= 4 is 16.8 Å². The van der Waals surface area contributed by atoms with Crippen LogP contribution in [0.5, 0.6) is 0 Å². The number of rotatable bonds is 4. The van der Waals surface area contributed by atoms with Crippen LogP contribution in [-0.2, 0) is 6.42 Å². The topological polar surface area (TPSA) is 62.1 Å². The van der Waals surface area contributed by atoms with Crippen molar-refractivity contribution in [1.82, 2.24) is 29.5 Å². The van der Waals surface area contributed by atoms with E-state index in [9.17, 15) is 8.78 Å². The number of likely N-dealkylation sites (tertiary alicyclic amines) is 1. The fourth-order valence-corrected chi connectivity index (χ4v) is 5.10. The minimum atomic E-state index is -2.52. The Morgan fingerprint density at radius 3 is 2.89 bits per heavy atom. The first kappa shape index (κ1) is 17.0. The number of hydrogen-bond acceptors (Lipinski definition) is 4. The molecule has 0 spiro atoms. The molecule has 0 amide bonds. The molecule has 0 radical (unpaired) electrons. The number of fused-ring (bicyclic) bond motifs is 3. The summed E-state index contributed by atoms with van der Waals surface area (Å²) in [7, 11) is 0. The number of aromatic nitrogens is 5. The monoisotopic (exact) mass is 374 g/mol. The van der Waals surface area contributed by atoms with Gasteiger partial charge in [0.05, 0.1) is 18.3 Å². The van der Waals surface area contributed by atoms with E-state index in [1.165, 1.54) is 0 Å². The Bertz CT molecular complexity index is 964. The van der Waals surface area contributed by atoms with Crippen LogP contribution in [0.2, 0.25) is 0 Å². The van der Waals surface area contributed by atoms with Gasteiger partial charge in [0.2, 0.25) is 0 Å². The van der Waals surface area contributed by atoms with E-state index in [-0.39, 0.29) is 19.0 Å². The van der Waals surface area contributed by atoms with Crippen molar-refractivity contribution < 1.29 is 8.78 Å². The number of alkyl halides is 2. The van der Waals surface area contributed by atoms with Crippen LogP contribution in [-0.4, -0.2) is 54.5 Å². The van der Waals surface area contributed by atoms with Crippen LogP contribution in [0.1, 0.15) is 38.4 Å². The summed E-state index contributed by atoms with van der Waals surface area (Å²) in [6, 6.07) is 2.25. The number of H-pyrrole nitrogens is 1. The van der Waals surface area contributed by atoms with Gasteiger partial charge in [0.25, 0.3) is 5.92 Å². The highest BCUT2D eigenvalue weighted by Gasteiger charge is 2.44. The highest BCUT2D eigenvalue weighted by molar-refractivity contribution is 5.74. The Hall–Kier alpha value is -2.09. The van der Waals surface area contributed by atoms with Crippen molar-refractivity contribution in [3.8, 4) is 0 Å². The molecule has 0 unspecified atom stereocenters. The molecule has 8 heteroatoms. The number of nitrogens with one attached hydrogen (secondary N) is 1. The molecular weight excluding hydrogens is 350 g/mol. The summed E-state index contributed by atoms with van der Waals surface area (Å²) in [4.78, 5) is 9.51. The molecule has 1 N–H and O–H groups in total. The van der Waals surface area contributed by atoms with E-state index in [1.807, 2.05) is 17.2 Å². The van der Waals surface area contributed by atoms with Gasteiger partial charge < -0.3 is 4.98 Å². The normalized spacial score (nSPS) is 28.6. The van der Waals surface area contributed by atoms with E-state index in [1.54, 1.807) is 6.20 Å². The lowest BCUT2D eigenvalue weighted by Gasteiger charge is -2.23. The van der Waals surface area contributed by atoms with Crippen LogP contribution in [0.25, 0.3) is 16.8 Å². The zero-order valence-electron chi connectivity index (χ0n) is 15.4. The van der Waals surface area contributed by atoms with Gasteiger partial charge in [-0.05, 0) is 30.7 Å². The average Bonchev–Trinajstić information content (AvgIpc) is 3.40. The smallest absolute Gasteiger partial charge is 0.261 e. The van der Waals surface area contributed by atoms with Crippen LogP contribution in [0.4, 0.5) is 8.78 Å². The molecule has 27 heavy (non-hydrogen) atoms. The van der Waals surface area contributed by atoms with Crippen molar-refractivity contribution in [2.24, 2.45) is 11.8 Å². The fraction of sp³-hybridized carbons (Fsp3) is 0.632. The van der Waals surface area contributed by atoms with Crippen molar-refractivity contribution in [3.05, 3.63) is 24.3 Å². The molecule has 3 aromatic rings. The van der Waals surface area contributed by atoms with Crippen LogP contribution in [0, 0.1) is 11.8 Å². The quantitative estimate of drug-likeness (QED) is 0.761. The molecule has 1 aliphatic heterocycles. The Kier molecular flexibility index (Phi) is 3.93. The number of aromatic amines is 1. The van der Waals surface area contributed by atoms with Gasteiger partial charge in [0, 0.05) is 31.6 Å². The van der Waals surface area contributed by atoms with Crippen LogP contribution in [0.15, 0.2) is 18.5 Å². The van der Waals surface area contributed by atoms with E-state index in [4.69, 9.17) is 0 Å². The Morgan fingerprint density at radius 1 is 1.26 bits per heavy atom. The molecule has 1 aliphatic carbocycles. The molecule has 144 valence electrons. The first-order valence-corrected chi connectivity index (χ1v) is 9.82. The number of halogens is 2. The van der Waals surface area contributed by atoms with E-state index >= 15 is 0 Å². The predicted octanol–water partition coefficient (Wildman–Crippen LogP) is 3.29. The zero-order chi connectivity index (χ0) is 18.6. The van der Waals surface area contributed by atoms with Crippen LogP contribution in [0.3, 0.4) is 0 Å². The second-order valence-electron chi connectivity index (χ2n) is 8.11. The van der Waals surface area contributed by atoms with E-state index in [2.05, 4.69) is 31.5 Å². The van der Waals surface area contributed by atoms with Gasteiger partial charge in [-0.1, -0.05) is 13.3 Å². The highest BCUT2D eigenvalue weighted by atomic mass is 19.3. The van der Waals surface area contributed by atoms with Gasteiger partial charge in [-0.2, -0.15) is 0 Å². The van der Waals surface area contributed by atoms with Crippen molar-refractivity contribution in [2.75, 3.05) is 13.1 Å². The molecule has 4 heterocycles. The summed E-state index contributed by atoms with van der Waals surface area (Å²) in [6.45, 7) is 2.64. The first-order chi connectivity index (χ1) is 13.0. The molecule has 6 nitrogen and oxygen atoms in total. The van der Waals surface area contributed by atoms with E-state index in [0.29, 0.717) is 18.4 Å². The van der Waals surface area contributed by atoms with Gasteiger partial charge in [0.15, 0.2) is 11.3 Å². The molecule has 2 aliphatic rings. The molecule has 2 fully saturated rings. The minimum absolute atomic E-state index is 0.00174. The summed E-state index contributed by atoms with van der Waals surface area (Å²) in [5.41, 5.74) is 2.55. The van der Waals surface area contributed by atoms with Crippen molar-refractivity contribution in [3.63, 3.8) is 0 Å². The fourth-order valence-electron chi connectivity index (χ4n) is 5.10. The third kappa shape index (κ3) is 2.90. The molecule has 3 atom stereocenters. The largest absolute Gasteiger partial charge is 0.345 e. The summed E-state index contributed by atoms with van der Waals surface area (Å²) in [5.74, 6) is -0.590. The standard InChI is InChI=1S/C19H24F2N6/c1-2-12-7-14(26-6-4-19(20,21)11-26)8-13(12)9-16-24-25-17-10-23-18-15(27(16)17)3-5-22-18/h3,5,10,12-14,22H,2,4,6-9,11H2,1H3/t12-,13-,14+/m1/s1. The molecule has 5 rings (SSSR count). The lowest BCUT2D eigenvalue weighted by molar-refractivity contribution is 0.00757. The van der Waals surface area contributed by atoms with Gasteiger partial charge in [-0.25, -0.2) is 13.8 Å². The molecule has 0 aromatic carbocycles. The summed E-state index contributed by atoms with van der Waals surface area (Å²) >= 11 is 0. The molecule has 1 saturated heterocycles. The van der Waals surface area contributed by atoms with Crippen molar-refractivity contribution in [2.45, 2.75) is 51.0 Å². The second kappa shape index (κ2) is 6.22. The molecule has 1 saturated carbocycles. The molecule has 3 aromatic heterocycles. The summed E-state index contributed by atoms with van der Waals surface area (Å²) in [5, 5.41) is 8.71. The summed E-state index contributed by atoms with van der Waals surface area (Å²) < 4.78 is 29.4. The average molecular weight is 374 g/mol. The molecular formula is C19H24F2N6. The van der Waals surface area contributed by atoms with Gasteiger partial charge in [0.1, 0.15) is 5.82 Å². The Balaban J connectivity index is 1.40. The van der Waals surface area contributed by atoms with Crippen molar-refractivity contribution in [1.29, 1.82) is 0 Å². The maximum atomic E-state index is 13.6. The van der Waals surface area contributed by atoms with Crippen LogP contribution >= 0.6 is 0 Å². The first-order valence-electron chi connectivity index (χ1n) is 9.82. The number of hydrogen-bond donors (Lipinski definition) is 1. The Labute approximate surface area is 156 Å². The highest BCUT2D eigenvalue weighted by Crippen LogP contribution is 2.41. The second-order valence-corrected chi connectivity index (χ2v) is 8.11. The Morgan fingerprint density at radius 2 is 2.11 bits per heavy atom. The molecule has 0 bridgehead atoms. The minimum Gasteiger partial charge on any atom is -0.345 e. The van der Waals surface area contributed by atoms with E-state index < -0.39 is 5.92 Å².